The maximum absolute atomic E-state index is 12.3. The number of carbonyl (C=O) groups is 1. The number of nitrogens with zero attached hydrogens (tertiary/aromatic N) is 2. The van der Waals surface area contributed by atoms with E-state index in [2.05, 4.69) is 10.3 Å². The number of aromatic nitrogens is 1. The van der Waals surface area contributed by atoms with E-state index in [1.54, 1.807) is 48.5 Å². The molecule has 0 aliphatic heterocycles. The van der Waals surface area contributed by atoms with Crippen molar-refractivity contribution in [2.24, 2.45) is 0 Å². The minimum absolute atomic E-state index is 0.0188. The van der Waals surface area contributed by atoms with Gasteiger partial charge in [0, 0.05) is 17.8 Å². The third kappa shape index (κ3) is 4.19. The fraction of sp³-hybridized carbons (Fsp3) is 0.250. The quantitative estimate of drug-likeness (QED) is 0.617. The van der Waals surface area contributed by atoms with Crippen LogP contribution in [0.15, 0.2) is 42.6 Å². The van der Waals surface area contributed by atoms with Gasteiger partial charge in [0.1, 0.15) is 5.75 Å². The Morgan fingerprint density at radius 3 is 2.83 bits per heavy atom. The van der Waals surface area contributed by atoms with E-state index in [1.807, 2.05) is 6.92 Å². The van der Waals surface area contributed by atoms with E-state index in [0.29, 0.717) is 23.8 Å². The average molecular weight is 331 g/mol. The van der Waals surface area contributed by atoms with Gasteiger partial charge in [0.2, 0.25) is 0 Å². The molecule has 2 N–H and O–H groups in total. The number of anilines is 2. The van der Waals surface area contributed by atoms with Gasteiger partial charge < -0.3 is 10.1 Å². The lowest BCUT2D eigenvalue weighted by Crippen LogP contribution is -2.36. The summed E-state index contributed by atoms with van der Waals surface area (Å²) in [5, 5.41) is 13.9. The largest absolute Gasteiger partial charge is 0.497 e. The average Bonchev–Trinajstić information content (AvgIpc) is 2.59. The normalized spacial score (nSPS) is 10.1. The number of aromatic amines is 1. The number of nitro groups is 1. The first-order valence-electron chi connectivity index (χ1n) is 7.39. The van der Waals surface area contributed by atoms with Crippen LogP contribution in [0.5, 0.6) is 5.75 Å². The summed E-state index contributed by atoms with van der Waals surface area (Å²) in [5.74, 6) is 0.648. The number of ether oxygens (including phenoxy) is 1. The lowest BCUT2D eigenvalue weighted by molar-refractivity contribution is -0.411. The molecule has 1 heterocycles. The van der Waals surface area contributed by atoms with E-state index in [-0.39, 0.29) is 18.1 Å². The summed E-state index contributed by atoms with van der Waals surface area (Å²) in [4.78, 5) is 27.4. The Morgan fingerprint density at radius 1 is 1.38 bits per heavy atom. The maximum Gasteiger partial charge on any atom is 0.357 e. The zero-order valence-corrected chi connectivity index (χ0v) is 13.5. The third-order valence-electron chi connectivity index (χ3n) is 3.40. The first-order valence-corrected chi connectivity index (χ1v) is 7.39. The Labute approximate surface area is 139 Å². The molecule has 2 aromatic rings. The van der Waals surface area contributed by atoms with Crippen molar-refractivity contribution in [3.63, 3.8) is 0 Å². The fourth-order valence-corrected chi connectivity index (χ4v) is 2.24. The highest BCUT2D eigenvalue weighted by Crippen LogP contribution is 2.22. The zero-order chi connectivity index (χ0) is 17.5. The molecule has 0 radical (unpaired) electrons. The molecule has 126 valence electrons. The number of nitrogens with one attached hydrogen (secondary N) is 2. The molecule has 0 aliphatic rings. The van der Waals surface area contributed by atoms with Crippen molar-refractivity contribution < 1.29 is 19.4 Å². The summed E-state index contributed by atoms with van der Waals surface area (Å²) in [6.45, 7) is 2.24. The molecule has 8 heteroatoms. The molecule has 8 nitrogen and oxygen atoms in total. The van der Waals surface area contributed by atoms with Crippen LogP contribution in [0, 0.1) is 10.1 Å². The van der Waals surface area contributed by atoms with Crippen molar-refractivity contribution in [1.82, 2.24) is 0 Å². The maximum atomic E-state index is 12.3. The molecule has 1 aromatic carbocycles. The Hall–Kier alpha value is -3.16. The van der Waals surface area contributed by atoms with Crippen molar-refractivity contribution in [3.05, 3.63) is 52.7 Å². The van der Waals surface area contributed by atoms with Crippen LogP contribution in [-0.4, -0.2) is 31.0 Å². The number of methoxy groups -OCH3 is 1. The molecule has 0 spiro atoms. The zero-order valence-electron chi connectivity index (χ0n) is 13.5. The molecule has 24 heavy (non-hydrogen) atoms. The summed E-state index contributed by atoms with van der Waals surface area (Å²) in [6.07, 6.45) is 1.59. The van der Waals surface area contributed by atoms with Crippen LogP contribution >= 0.6 is 0 Å². The van der Waals surface area contributed by atoms with Gasteiger partial charge in [-0.25, -0.2) is 9.88 Å². The van der Waals surface area contributed by atoms with Gasteiger partial charge in [0.25, 0.3) is 5.91 Å². The van der Waals surface area contributed by atoms with Gasteiger partial charge in [-0.3, -0.25) is 14.9 Å². The van der Waals surface area contributed by atoms with Crippen LogP contribution in [-0.2, 0) is 4.79 Å². The second kappa shape index (κ2) is 7.91. The predicted molar refractivity (Wildman–Crippen MR) is 89.2 cm³/mol. The number of amides is 1. The van der Waals surface area contributed by atoms with E-state index < -0.39 is 4.92 Å². The number of benzene rings is 1. The van der Waals surface area contributed by atoms with E-state index in [0.717, 1.165) is 0 Å². The second-order valence-electron chi connectivity index (χ2n) is 4.96. The van der Waals surface area contributed by atoms with Crippen LogP contribution in [0.25, 0.3) is 0 Å². The third-order valence-corrected chi connectivity index (χ3v) is 3.40. The molecule has 0 aliphatic carbocycles. The van der Waals surface area contributed by atoms with Crippen molar-refractivity contribution >= 4 is 23.1 Å². The van der Waals surface area contributed by atoms with Crippen LogP contribution in [0.2, 0.25) is 0 Å². The number of hydrogen-bond acceptors (Lipinski definition) is 5. The van der Waals surface area contributed by atoms with Crippen LogP contribution in [0.3, 0.4) is 0 Å². The molecule has 0 atom stereocenters. The molecule has 0 saturated carbocycles. The SMILES string of the molecule is CCN(CC(=O)Nc1cccc(OC)c1)c1[nH+]cccc1[N+](=O)[O-]. The molecule has 1 amide bonds. The number of carbonyl (C=O) groups excluding carboxylic acids is 1. The van der Waals surface area contributed by atoms with E-state index in [9.17, 15) is 14.9 Å². The smallest absolute Gasteiger partial charge is 0.357 e. The number of rotatable bonds is 7. The van der Waals surface area contributed by atoms with Gasteiger partial charge in [0.05, 0.1) is 24.8 Å². The first kappa shape index (κ1) is 17.2. The highest BCUT2D eigenvalue weighted by Gasteiger charge is 2.28. The Morgan fingerprint density at radius 2 is 2.17 bits per heavy atom. The van der Waals surface area contributed by atoms with Gasteiger partial charge in [0.15, 0.2) is 6.54 Å². The summed E-state index contributed by atoms with van der Waals surface area (Å²) in [6, 6.07) is 9.93. The van der Waals surface area contributed by atoms with Crippen molar-refractivity contribution in [3.8, 4) is 5.75 Å². The second-order valence-corrected chi connectivity index (χ2v) is 4.96. The van der Waals surface area contributed by atoms with Gasteiger partial charge in [-0.2, -0.15) is 0 Å². The topological polar surface area (TPSA) is 98.9 Å². The van der Waals surface area contributed by atoms with E-state index in [1.165, 1.54) is 6.07 Å². The van der Waals surface area contributed by atoms with Gasteiger partial charge >= 0.3 is 11.5 Å². The number of likely N-dealkylation sites (N-methyl/N-ethyl adjacent to an activating group) is 1. The highest BCUT2D eigenvalue weighted by atomic mass is 16.6. The highest BCUT2D eigenvalue weighted by molar-refractivity contribution is 5.94. The molecule has 0 fully saturated rings. The predicted octanol–water partition coefficient (Wildman–Crippen LogP) is 1.88. The fourth-order valence-electron chi connectivity index (χ4n) is 2.24. The lowest BCUT2D eigenvalue weighted by atomic mass is 10.3. The summed E-state index contributed by atoms with van der Waals surface area (Å²) >= 11 is 0. The molecule has 0 unspecified atom stereocenters. The first-order chi connectivity index (χ1) is 11.5. The van der Waals surface area contributed by atoms with E-state index in [4.69, 9.17) is 4.74 Å². The minimum atomic E-state index is -0.478. The monoisotopic (exact) mass is 331 g/mol. The van der Waals surface area contributed by atoms with Gasteiger partial charge in [-0.15, -0.1) is 0 Å². The summed E-state index contributed by atoms with van der Waals surface area (Å²) < 4.78 is 5.11. The number of hydrogen-bond donors (Lipinski definition) is 1. The van der Waals surface area contributed by atoms with Crippen molar-refractivity contribution in [2.75, 3.05) is 30.4 Å². The number of pyridine rings is 1. The Kier molecular flexibility index (Phi) is 5.67. The van der Waals surface area contributed by atoms with Crippen LogP contribution in [0.1, 0.15) is 6.92 Å². The van der Waals surface area contributed by atoms with Crippen molar-refractivity contribution in [2.45, 2.75) is 6.92 Å². The van der Waals surface area contributed by atoms with Crippen molar-refractivity contribution in [1.29, 1.82) is 0 Å². The Balaban J connectivity index is 2.12. The molecule has 2 rings (SSSR count). The Bertz CT molecular complexity index is 736. The molecule has 0 saturated heterocycles. The lowest BCUT2D eigenvalue weighted by Gasteiger charge is -2.14. The molecule has 1 aromatic heterocycles. The summed E-state index contributed by atoms with van der Waals surface area (Å²) in [5.41, 5.74) is 0.524. The van der Waals surface area contributed by atoms with Crippen LogP contribution in [0.4, 0.5) is 17.2 Å². The summed E-state index contributed by atoms with van der Waals surface area (Å²) in [7, 11) is 1.55. The molecule has 0 bridgehead atoms. The number of H-pyrrole nitrogens is 1. The minimum Gasteiger partial charge on any atom is -0.497 e. The van der Waals surface area contributed by atoms with Crippen LogP contribution < -0.4 is 19.9 Å². The van der Waals surface area contributed by atoms with E-state index >= 15 is 0 Å². The molecular weight excluding hydrogens is 312 g/mol. The van der Waals surface area contributed by atoms with Gasteiger partial charge in [-0.1, -0.05) is 6.07 Å². The van der Waals surface area contributed by atoms with Gasteiger partial charge in [-0.05, 0) is 25.1 Å². The standard InChI is InChI=1S/C16H18N4O4/c1-3-19(16-14(20(22)23)8-5-9-17-16)11-15(21)18-12-6-4-7-13(10-12)24-2/h4-10H,3,11H2,1-2H3,(H,18,21)/p+1. The molecular formula is C16H19N4O4+.